The van der Waals surface area contributed by atoms with Crippen LogP contribution in [-0.2, 0) is 14.3 Å². The number of hydrogen-bond acceptors (Lipinski definition) is 5. The summed E-state index contributed by atoms with van der Waals surface area (Å²) in [6.45, 7) is 5.56. The molecule has 0 radical (unpaired) electrons. The number of methoxy groups -OCH3 is 1. The smallest absolute Gasteiger partial charge is 0.350 e. The molecule has 0 spiro atoms. The third kappa shape index (κ3) is 5.59. The van der Waals surface area contributed by atoms with Crippen LogP contribution in [0.5, 0.6) is 0 Å². The van der Waals surface area contributed by atoms with Crippen molar-refractivity contribution in [1.29, 1.82) is 0 Å². The van der Waals surface area contributed by atoms with E-state index in [9.17, 15) is 19.5 Å². The number of carboxylic acids is 1. The fraction of sp³-hybridized carbons (Fsp3) is 0.571. The average molecular weight is 406 g/mol. The molecular weight excluding hydrogens is 378 g/mol. The van der Waals surface area contributed by atoms with Crippen LogP contribution in [0.1, 0.15) is 61.0 Å². The Labute approximate surface area is 169 Å². The highest BCUT2D eigenvalue weighted by Crippen LogP contribution is 2.35. The molecule has 0 atom stereocenters. The first-order valence-corrected chi connectivity index (χ1v) is 10.3. The van der Waals surface area contributed by atoms with Gasteiger partial charge in [-0.05, 0) is 37.7 Å². The third-order valence-electron chi connectivity index (χ3n) is 4.78. The van der Waals surface area contributed by atoms with Crippen molar-refractivity contribution in [3.8, 4) is 11.8 Å². The second kappa shape index (κ2) is 9.74. The van der Waals surface area contributed by atoms with Gasteiger partial charge < -0.3 is 9.84 Å². The number of thiophene rings is 1. The van der Waals surface area contributed by atoms with E-state index in [1.165, 1.54) is 12.0 Å². The lowest BCUT2D eigenvalue weighted by molar-refractivity contribution is -0.137. The topological polar surface area (TPSA) is 83.9 Å². The molecule has 1 heterocycles. The molecule has 0 aromatic carbocycles. The predicted octanol–water partition coefficient (Wildman–Crippen LogP) is 3.79. The molecule has 152 valence electrons. The lowest BCUT2D eigenvalue weighted by atomic mass is 9.82. The summed E-state index contributed by atoms with van der Waals surface area (Å²) in [5.74, 6) is 4.52. The van der Waals surface area contributed by atoms with E-state index in [0.717, 1.165) is 37.0 Å². The molecule has 0 unspecified atom stereocenters. The summed E-state index contributed by atoms with van der Waals surface area (Å²) in [6.07, 6.45) is 3.34. The fourth-order valence-electron chi connectivity index (χ4n) is 3.24. The van der Waals surface area contributed by atoms with E-state index in [2.05, 4.69) is 18.8 Å². The number of anilines is 1. The highest BCUT2D eigenvalue weighted by atomic mass is 32.1. The zero-order valence-electron chi connectivity index (χ0n) is 16.8. The first-order valence-electron chi connectivity index (χ1n) is 9.49. The molecular formula is C21H27NO5S. The molecule has 0 bridgehead atoms. The summed E-state index contributed by atoms with van der Waals surface area (Å²) in [6, 6.07) is 1.62. The number of amides is 1. The molecule has 1 aliphatic rings. The average Bonchev–Trinajstić information content (AvgIpc) is 3.07. The van der Waals surface area contributed by atoms with Crippen molar-refractivity contribution in [2.75, 3.05) is 18.6 Å². The minimum Gasteiger partial charge on any atom is -0.480 e. The Bertz CT molecular complexity index is 793. The van der Waals surface area contributed by atoms with E-state index in [0.29, 0.717) is 10.8 Å². The van der Waals surface area contributed by atoms with Crippen LogP contribution in [0.2, 0.25) is 0 Å². The van der Waals surface area contributed by atoms with Gasteiger partial charge in [-0.25, -0.2) is 4.79 Å². The SMILES string of the molecule is COC(=O)c1sc(C#CC(C)C)cc1N(CC(=O)O)C(=O)C1CCC(C)CC1. The Morgan fingerprint density at radius 2 is 1.93 bits per heavy atom. The van der Waals surface area contributed by atoms with Gasteiger partial charge in [-0.15, -0.1) is 11.3 Å². The minimum absolute atomic E-state index is 0.146. The van der Waals surface area contributed by atoms with Crippen molar-refractivity contribution in [3.63, 3.8) is 0 Å². The molecule has 28 heavy (non-hydrogen) atoms. The normalized spacial score (nSPS) is 18.9. The summed E-state index contributed by atoms with van der Waals surface area (Å²) in [7, 11) is 1.26. The van der Waals surface area contributed by atoms with E-state index >= 15 is 0 Å². The number of carbonyl (C=O) groups excluding carboxylic acids is 2. The lowest BCUT2D eigenvalue weighted by Crippen LogP contribution is -2.41. The number of hydrogen-bond donors (Lipinski definition) is 1. The summed E-state index contributed by atoms with van der Waals surface area (Å²) < 4.78 is 4.85. The molecule has 7 heteroatoms. The number of esters is 1. The fourth-order valence-corrected chi connectivity index (χ4v) is 4.18. The Morgan fingerprint density at radius 3 is 2.46 bits per heavy atom. The maximum atomic E-state index is 13.2. The van der Waals surface area contributed by atoms with Crippen molar-refractivity contribution < 1.29 is 24.2 Å². The van der Waals surface area contributed by atoms with E-state index < -0.39 is 18.5 Å². The molecule has 0 saturated heterocycles. The molecule has 1 aromatic rings. The molecule has 2 rings (SSSR count). The van der Waals surface area contributed by atoms with Crippen LogP contribution in [0.15, 0.2) is 6.07 Å². The Kier molecular flexibility index (Phi) is 7.64. The van der Waals surface area contributed by atoms with Gasteiger partial charge in [0.2, 0.25) is 5.91 Å². The Hall–Kier alpha value is -2.33. The van der Waals surface area contributed by atoms with Gasteiger partial charge in [0.15, 0.2) is 0 Å². The van der Waals surface area contributed by atoms with Crippen LogP contribution in [0.3, 0.4) is 0 Å². The van der Waals surface area contributed by atoms with Crippen molar-refractivity contribution in [2.24, 2.45) is 17.8 Å². The van der Waals surface area contributed by atoms with Gasteiger partial charge in [0.25, 0.3) is 0 Å². The zero-order valence-corrected chi connectivity index (χ0v) is 17.6. The van der Waals surface area contributed by atoms with Crippen molar-refractivity contribution in [1.82, 2.24) is 0 Å². The predicted molar refractivity (Wildman–Crippen MR) is 108 cm³/mol. The number of carboxylic acid groups (broad SMARTS) is 1. The number of nitrogens with zero attached hydrogens (tertiary/aromatic N) is 1. The first kappa shape index (κ1) is 22.0. The van der Waals surface area contributed by atoms with Crippen molar-refractivity contribution >= 4 is 34.9 Å². The van der Waals surface area contributed by atoms with Crippen LogP contribution in [0.25, 0.3) is 0 Å². The summed E-state index contributed by atoms with van der Waals surface area (Å²) in [5.41, 5.74) is 0.274. The lowest BCUT2D eigenvalue weighted by Gasteiger charge is -2.30. The number of aliphatic carboxylic acids is 1. The largest absolute Gasteiger partial charge is 0.480 e. The molecule has 1 N–H and O–H groups in total. The van der Waals surface area contributed by atoms with Crippen LogP contribution in [-0.4, -0.2) is 36.6 Å². The van der Waals surface area contributed by atoms with E-state index in [1.54, 1.807) is 6.07 Å². The Balaban J connectivity index is 2.43. The van der Waals surface area contributed by atoms with Gasteiger partial charge in [0.05, 0.1) is 17.7 Å². The van der Waals surface area contributed by atoms with E-state index in [1.807, 2.05) is 13.8 Å². The number of ether oxygens (including phenoxy) is 1. The molecule has 1 saturated carbocycles. The second-order valence-electron chi connectivity index (χ2n) is 7.52. The van der Waals surface area contributed by atoms with Crippen LogP contribution >= 0.6 is 11.3 Å². The highest BCUT2D eigenvalue weighted by molar-refractivity contribution is 7.15. The van der Waals surface area contributed by atoms with Crippen LogP contribution in [0.4, 0.5) is 5.69 Å². The van der Waals surface area contributed by atoms with Crippen molar-refractivity contribution in [2.45, 2.75) is 46.5 Å². The standard InChI is InChI=1S/C21H27NO5S/c1-13(2)5-10-16-11-17(19(28-16)21(26)27-4)22(12-18(23)24)20(25)15-8-6-14(3)7-9-15/h11,13-15H,6-9,12H2,1-4H3,(H,23,24). The van der Waals surface area contributed by atoms with Gasteiger partial charge in [-0.3, -0.25) is 14.5 Å². The first-order chi connectivity index (χ1) is 13.2. The molecule has 1 fully saturated rings. The van der Waals surface area contributed by atoms with E-state index in [-0.39, 0.29) is 28.3 Å². The molecule has 1 aromatic heterocycles. The molecule has 6 nitrogen and oxygen atoms in total. The maximum absolute atomic E-state index is 13.2. The second-order valence-corrected chi connectivity index (χ2v) is 8.57. The summed E-state index contributed by atoms with van der Waals surface area (Å²) in [4.78, 5) is 38.9. The Morgan fingerprint density at radius 1 is 1.29 bits per heavy atom. The number of rotatable bonds is 5. The third-order valence-corrected chi connectivity index (χ3v) is 5.80. The van der Waals surface area contributed by atoms with Gasteiger partial charge in [-0.2, -0.15) is 0 Å². The molecule has 0 aliphatic heterocycles. The van der Waals surface area contributed by atoms with E-state index in [4.69, 9.17) is 4.74 Å². The monoisotopic (exact) mass is 405 g/mol. The van der Waals surface area contributed by atoms with Gasteiger partial charge in [-0.1, -0.05) is 32.6 Å². The summed E-state index contributed by atoms with van der Waals surface area (Å²) >= 11 is 1.12. The van der Waals surface area contributed by atoms with Crippen LogP contribution < -0.4 is 4.90 Å². The van der Waals surface area contributed by atoms with Crippen molar-refractivity contribution in [3.05, 3.63) is 15.8 Å². The summed E-state index contributed by atoms with van der Waals surface area (Å²) in [5, 5.41) is 9.37. The number of carbonyl (C=O) groups is 3. The highest BCUT2D eigenvalue weighted by Gasteiger charge is 2.33. The van der Waals surface area contributed by atoms with Crippen LogP contribution in [0, 0.1) is 29.6 Å². The molecule has 1 aliphatic carbocycles. The zero-order chi connectivity index (χ0) is 20.8. The minimum atomic E-state index is -1.13. The maximum Gasteiger partial charge on any atom is 0.350 e. The van der Waals surface area contributed by atoms with Gasteiger partial charge >= 0.3 is 11.9 Å². The quantitative estimate of drug-likeness (QED) is 0.595. The molecule has 1 amide bonds. The van der Waals surface area contributed by atoms with Gasteiger partial charge in [0.1, 0.15) is 11.4 Å². The van der Waals surface area contributed by atoms with Gasteiger partial charge in [0, 0.05) is 11.8 Å².